The van der Waals surface area contributed by atoms with Crippen molar-refractivity contribution >= 4 is 21.9 Å². The molecule has 1 aromatic rings. The molecule has 0 bridgehead atoms. The molecule has 1 atom stereocenters. The van der Waals surface area contributed by atoms with E-state index in [1.165, 1.54) is 6.07 Å². The van der Waals surface area contributed by atoms with Crippen molar-refractivity contribution in [3.8, 4) is 0 Å². The van der Waals surface area contributed by atoms with Gasteiger partial charge in [0.25, 0.3) is 0 Å². The van der Waals surface area contributed by atoms with Crippen LogP contribution in [0.15, 0.2) is 22.7 Å². The fourth-order valence-electron chi connectivity index (χ4n) is 2.27. The number of morpholine rings is 1. The Morgan fingerprint density at radius 1 is 1.55 bits per heavy atom. The van der Waals surface area contributed by atoms with E-state index in [9.17, 15) is 9.18 Å². The maximum absolute atomic E-state index is 13.2. The fraction of sp³-hybridized carbons (Fsp3) is 0.500. The van der Waals surface area contributed by atoms with Gasteiger partial charge in [-0.05, 0) is 46.6 Å². The minimum absolute atomic E-state index is 0.0921. The highest BCUT2D eigenvalue weighted by Gasteiger charge is 2.22. The molecule has 0 radical (unpaired) electrons. The number of ether oxygens (including phenoxy) is 1. The van der Waals surface area contributed by atoms with Gasteiger partial charge in [-0.2, -0.15) is 0 Å². The number of rotatable bonds is 5. The lowest BCUT2D eigenvalue weighted by Gasteiger charge is -2.33. The molecule has 6 heteroatoms. The second-order valence-electron chi connectivity index (χ2n) is 4.83. The molecule has 2 rings (SSSR count). The largest absolute Gasteiger partial charge is 0.481 e. The van der Waals surface area contributed by atoms with Crippen molar-refractivity contribution in [3.63, 3.8) is 0 Å². The molecule has 1 aliphatic heterocycles. The molecule has 0 spiro atoms. The number of hydrogen-bond acceptors (Lipinski definition) is 3. The quantitative estimate of drug-likeness (QED) is 0.891. The predicted octanol–water partition coefficient (Wildman–Crippen LogP) is 2.83. The Labute approximate surface area is 125 Å². The van der Waals surface area contributed by atoms with E-state index in [-0.39, 0.29) is 18.3 Å². The monoisotopic (exact) mass is 345 g/mol. The number of benzene rings is 1. The Morgan fingerprint density at radius 2 is 2.35 bits per heavy atom. The predicted molar refractivity (Wildman–Crippen MR) is 76.1 cm³/mol. The van der Waals surface area contributed by atoms with Gasteiger partial charge in [0.1, 0.15) is 5.82 Å². The summed E-state index contributed by atoms with van der Waals surface area (Å²) in [5.74, 6) is -1.06. The number of carbonyl (C=O) groups is 1. The zero-order chi connectivity index (χ0) is 14.5. The van der Waals surface area contributed by atoms with Crippen LogP contribution in [0.4, 0.5) is 4.39 Å². The van der Waals surface area contributed by atoms with Crippen LogP contribution in [0.2, 0.25) is 0 Å². The van der Waals surface area contributed by atoms with Crippen molar-refractivity contribution in [1.82, 2.24) is 4.90 Å². The van der Waals surface area contributed by atoms with Gasteiger partial charge in [-0.25, -0.2) is 4.39 Å². The molecule has 0 aromatic heterocycles. The lowest BCUT2D eigenvalue weighted by atomic mass is 10.1. The third-order valence-corrected chi connectivity index (χ3v) is 3.94. The molecule has 1 aromatic carbocycles. The van der Waals surface area contributed by atoms with Gasteiger partial charge in [-0.3, -0.25) is 9.69 Å². The van der Waals surface area contributed by atoms with E-state index in [1.807, 2.05) is 0 Å². The summed E-state index contributed by atoms with van der Waals surface area (Å²) in [6.45, 7) is 2.86. The van der Waals surface area contributed by atoms with E-state index in [1.54, 1.807) is 12.1 Å². The van der Waals surface area contributed by atoms with Crippen LogP contribution in [0.3, 0.4) is 0 Å². The number of halogens is 2. The van der Waals surface area contributed by atoms with Crippen LogP contribution in [0.1, 0.15) is 24.5 Å². The van der Waals surface area contributed by atoms with E-state index in [2.05, 4.69) is 20.8 Å². The van der Waals surface area contributed by atoms with Gasteiger partial charge in [-0.15, -0.1) is 0 Å². The zero-order valence-corrected chi connectivity index (χ0v) is 12.6. The number of aliphatic carboxylic acids is 1. The van der Waals surface area contributed by atoms with Crippen molar-refractivity contribution in [2.24, 2.45) is 0 Å². The summed E-state index contributed by atoms with van der Waals surface area (Å²) in [6.07, 6.45) is 0.727. The van der Waals surface area contributed by atoms with Gasteiger partial charge in [-0.1, -0.05) is 6.07 Å². The number of nitrogens with zero attached hydrogens (tertiary/aromatic N) is 1. The summed E-state index contributed by atoms with van der Waals surface area (Å²) in [6, 6.07) is 4.89. The van der Waals surface area contributed by atoms with Crippen LogP contribution in [0.25, 0.3) is 0 Å². The maximum Gasteiger partial charge on any atom is 0.303 e. The number of hydrogen-bond donors (Lipinski definition) is 1. The summed E-state index contributed by atoms with van der Waals surface area (Å²) >= 11 is 3.18. The third kappa shape index (κ3) is 4.26. The summed E-state index contributed by atoms with van der Waals surface area (Å²) in [7, 11) is 0. The minimum atomic E-state index is -0.766. The van der Waals surface area contributed by atoms with Gasteiger partial charge >= 0.3 is 5.97 Å². The first-order chi connectivity index (χ1) is 9.56. The molecule has 0 aliphatic carbocycles. The highest BCUT2D eigenvalue weighted by molar-refractivity contribution is 9.10. The Bertz CT molecular complexity index is 483. The van der Waals surface area contributed by atoms with Gasteiger partial charge in [0.2, 0.25) is 0 Å². The summed E-state index contributed by atoms with van der Waals surface area (Å²) in [5, 5.41) is 8.65. The SMILES string of the molecule is O=C(O)CCCN1CCOC(c2ccc(F)c(Br)c2)C1. The Hall–Kier alpha value is -0.980. The maximum atomic E-state index is 13.2. The smallest absolute Gasteiger partial charge is 0.303 e. The number of carboxylic acid groups (broad SMARTS) is 1. The van der Waals surface area contributed by atoms with Crippen LogP contribution in [-0.4, -0.2) is 42.2 Å². The van der Waals surface area contributed by atoms with Gasteiger partial charge in [0.05, 0.1) is 17.2 Å². The fourth-order valence-corrected chi connectivity index (χ4v) is 2.67. The first-order valence-electron chi connectivity index (χ1n) is 6.57. The second kappa shape index (κ2) is 7.15. The molecule has 1 saturated heterocycles. The standard InChI is InChI=1S/C14H17BrFNO3/c15-11-8-10(3-4-12(11)16)13-9-17(6-7-20-13)5-1-2-14(18)19/h3-4,8,13H,1-2,5-7,9H2,(H,18,19). The minimum Gasteiger partial charge on any atom is -0.481 e. The van der Waals surface area contributed by atoms with Crippen LogP contribution in [-0.2, 0) is 9.53 Å². The lowest BCUT2D eigenvalue weighted by Crippen LogP contribution is -2.39. The average Bonchev–Trinajstić information content (AvgIpc) is 2.42. The molecule has 110 valence electrons. The highest BCUT2D eigenvalue weighted by atomic mass is 79.9. The van der Waals surface area contributed by atoms with Gasteiger partial charge in [0, 0.05) is 19.5 Å². The second-order valence-corrected chi connectivity index (χ2v) is 5.69. The molecule has 1 aliphatic rings. The zero-order valence-electron chi connectivity index (χ0n) is 11.0. The summed E-state index contributed by atoms with van der Waals surface area (Å²) < 4.78 is 19.4. The molecular weight excluding hydrogens is 329 g/mol. The molecular formula is C14H17BrFNO3. The summed E-state index contributed by atoms with van der Waals surface area (Å²) in [5.41, 5.74) is 0.932. The molecule has 1 fully saturated rings. The first kappa shape index (κ1) is 15.4. The van der Waals surface area contributed by atoms with E-state index in [0.717, 1.165) is 18.7 Å². The van der Waals surface area contributed by atoms with Crippen LogP contribution in [0.5, 0.6) is 0 Å². The molecule has 4 nitrogen and oxygen atoms in total. The Kier molecular flexibility index (Phi) is 5.51. The van der Waals surface area contributed by atoms with Crippen molar-refractivity contribution in [3.05, 3.63) is 34.1 Å². The average molecular weight is 346 g/mol. The van der Waals surface area contributed by atoms with Crippen LogP contribution < -0.4 is 0 Å². The molecule has 1 heterocycles. The topological polar surface area (TPSA) is 49.8 Å². The van der Waals surface area contributed by atoms with Crippen molar-refractivity contribution in [2.45, 2.75) is 18.9 Å². The number of carboxylic acids is 1. The van der Waals surface area contributed by atoms with E-state index >= 15 is 0 Å². The molecule has 1 N–H and O–H groups in total. The Morgan fingerprint density at radius 3 is 3.05 bits per heavy atom. The third-order valence-electron chi connectivity index (χ3n) is 3.33. The summed E-state index contributed by atoms with van der Waals surface area (Å²) in [4.78, 5) is 12.7. The lowest BCUT2D eigenvalue weighted by molar-refractivity contribution is -0.137. The molecule has 0 amide bonds. The molecule has 0 saturated carbocycles. The van der Waals surface area contributed by atoms with Crippen molar-refractivity contribution in [1.29, 1.82) is 0 Å². The normalized spacial score (nSPS) is 20.0. The van der Waals surface area contributed by atoms with E-state index in [4.69, 9.17) is 9.84 Å². The van der Waals surface area contributed by atoms with Gasteiger partial charge < -0.3 is 9.84 Å². The van der Waals surface area contributed by atoms with E-state index < -0.39 is 5.97 Å². The highest BCUT2D eigenvalue weighted by Crippen LogP contribution is 2.26. The molecule has 20 heavy (non-hydrogen) atoms. The van der Waals surface area contributed by atoms with E-state index in [0.29, 0.717) is 24.0 Å². The van der Waals surface area contributed by atoms with Crippen LogP contribution >= 0.6 is 15.9 Å². The first-order valence-corrected chi connectivity index (χ1v) is 7.36. The van der Waals surface area contributed by atoms with Gasteiger partial charge in [0.15, 0.2) is 0 Å². The Balaban J connectivity index is 1.92. The van der Waals surface area contributed by atoms with Crippen LogP contribution in [0, 0.1) is 5.82 Å². The van der Waals surface area contributed by atoms with Crippen molar-refractivity contribution < 1.29 is 19.0 Å². The molecule has 1 unspecified atom stereocenters. The van der Waals surface area contributed by atoms with Crippen molar-refractivity contribution in [2.75, 3.05) is 26.2 Å².